The summed E-state index contributed by atoms with van der Waals surface area (Å²) < 4.78 is 49.2. The lowest BCUT2D eigenvalue weighted by Gasteiger charge is -2.15. The molecule has 18 heteroatoms. The summed E-state index contributed by atoms with van der Waals surface area (Å²) in [6, 6.07) is 0. The van der Waals surface area contributed by atoms with Crippen LogP contribution < -0.4 is 0 Å². The van der Waals surface area contributed by atoms with Crippen molar-refractivity contribution in [3.05, 3.63) is 0 Å². The molecular formula is C27H50O9S9. The number of ether oxygens (including phenoxy) is 9. The van der Waals surface area contributed by atoms with Gasteiger partial charge in [-0.25, -0.2) is 0 Å². The Bertz CT molecular complexity index is 621. The van der Waals surface area contributed by atoms with Gasteiger partial charge in [0.15, 0.2) is 0 Å². The quantitative estimate of drug-likeness (QED) is 0.0322. The van der Waals surface area contributed by atoms with E-state index in [1.54, 1.807) is 0 Å². The van der Waals surface area contributed by atoms with Gasteiger partial charge in [-0.05, 0) is 0 Å². The van der Waals surface area contributed by atoms with Gasteiger partial charge >= 0.3 is 0 Å². The van der Waals surface area contributed by atoms with Crippen molar-refractivity contribution in [2.75, 3.05) is 143 Å². The minimum atomic E-state index is 0.373. The fraction of sp³-hybridized carbons (Fsp3) is 1.00. The maximum atomic E-state index is 5.65. The lowest BCUT2D eigenvalue weighted by atomic mass is 10.6. The van der Waals surface area contributed by atoms with Crippen LogP contribution in [-0.4, -0.2) is 167 Å². The highest BCUT2D eigenvalue weighted by Gasteiger charge is 2.22. The van der Waals surface area contributed by atoms with Crippen LogP contribution in [-0.2, 0) is 42.6 Å². The van der Waals surface area contributed by atoms with Crippen LogP contribution in [0.2, 0.25) is 0 Å². The van der Waals surface area contributed by atoms with E-state index < -0.39 is 0 Å². The molecule has 9 nitrogen and oxygen atoms in total. The molecule has 3 heterocycles. The van der Waals surface area contributed by atoms with Gasteiger partial charge in [0.2, 0.25) is 0 Å². The molecule has 3 unspecified atom stereocenters. The first-order valence-electron chi connectivity index (χ1n) is 15.2. The Morgan fingerprint density at radius 2 is 0.778 bits per heavy atom. The van der Waals surface area contributed by atoms with Gasteiger partial charge in [-0.2, -0.15) is 35.3 Å². The second-order valence-electron chi connectivity index (χ2n) is 9.65. The highest BCUT2D eigenvalue weighted by Crippen LogP contribution is 2.36. The van der Waals surface area contributed by atoms with Crippen molar-refractivity contribution >= 4 is 100 Å². The molecule has 3 atom stereocenters. The van der Waals surface area contributed by atoms with Crippen LogP contribution in [0.1, 0.15) is 0 Å². The SMILES string of the molecule is C(CSCC1CO1)OCOCCSSCC(CSSCCOCOCCSCC1CO1)SSCCOCOCCSCC1CO1. The van der Waals surface area contributed by atoms with Crippen molar-refractivity contribution in [3.8, 4) is 0 Å². The Balaban J connectivity index is 1.10. The number of epoxide rings is 3. The first-order chi connectivity index (χ1) is 22.4. The van der Waals surface area contributed by atoms with Gasteiger partial charge < -0.3 is 42.6 Å². The first-order valence-corrected chi connectivity index (χ1v) is 26.0. The Labute approximate surface area is 307 Å². The van der Waals surface area contributed by atoms with Crippen molar-refractivity contribution in [2.24, 2.45) is 0 Å². The van der Waals surface area contributed by atoms with E-state index in [-0.39, 0.29) is 0 Å². The molecule has 0 aliphatic carbocycles. The van der Waals surface area contributed by atoms with Crippen LogP contribution in [0.15, 0.2) is 0 Å². The van der Waals surface area contributed by atoms with Gasteiger partial charge in [0.25, 0.3) is 0 Å². The van der Waals surface area contributed by atoms with Crippen LogP contribution in [0.5, 0.6) is 0 Å². The molecule has 266 valence electrons. The zero-order valence-corrected chi connectivity index (χ0v) is 33.3. The standard InChI is InChI=1S/C27H50O9S9/c1(7-37-16-24-13-34-24)28-21-31-4-10-40-43-19-27(45-42-12-6-33-23-30-3-9-39-18-26-15-36-26)20-44-41-11-5-32-22-29-2-8-38-17-25-14-35-25/h24-27H,1-23H2. The topological polar surface area (TPSA) is 93.0 Å². The number of hydrogen-bond acceptors (Lipinski definition) is 18. The lowest BCUT2D eigenvalue weighted by Crippen LogP contribution is -2.09. The van der Waals surface area contributed by atoms with Gasteiger partial charge in [-0.15, -0.1) is 0 Å². The van der Waals surface area contributed by atoms with E-state index in [9.17, 15) is 0 Å². The Morgan fingerprint density at radius 1 is 0.444 bits per heavy atom. The fourth-order valence-electron chi connectivity index (χ4n) is 2.91. The predicted octanol–water partition coefficient (Wildman–Crippen LogP) is 5.87. The van der Waals surface area contributed by atoms with Crippen molar-refractivity contribution in [1.29, 1.82) is 0 Å². The highest BCUT2D eigenvalue weighted by atomic mass is 33.1. The molecule has 0 amide bonds. The Hall–Kier alpha value is 2.79. The van der Waals surface area contributed by atoms with E-state index in [0.29, 0.717) is 63.8 Å². The van der Waals surface area contributed by atoms with Crippen LogP contribution >= 0.6 is 100 Å². The summed E-state index contributed by atoms with van der Waals surface area (Å²) in [5.41, 5.74) is 0. The monoisotopic (exact) mass is 806 g/mol. The number of rotatable bonds is 38. The summed E-state index contributed by atoms with van der Waals surface area (Å²) in [4.78, 5) is 0. The molecule has 3 saturated heterocycles. The molecule has 0 aromatic rings. The third-order valence-electron chi connectivity index (χ3n) is 5.55. The normalized spacial score (nSPS) is 20.9. The fourth-order valence-corrected chi connectivity index (χ4v) is 13.6. The highest BCUT2D eigenvalue weighted by molar-refractivity contribution is 8.79. The van der Waals surface area contributed by atoms with Crippen molar-refractivity contribution in [2.45, 2.75) is 23.6 Å². The van der Waals surface area contributed by atoms with E-state index in [0.717, 1.165) is 103 Å². The maximum absolute atomic E-state index is 5.65. The lowest BCUT2D eigenvalue weighted by molar-refractivity contribution is -0.0427. The van der Waals surface area contributed by atoms with E-state index in [2.05, 4.69) is 0 Å². The maximum Gasteiger partial charge on any atom is 0.146 e. The smallest absolute Gasteiger partial charge is 0.146 e. The van der Waals surface area contributed by atoms with Crippen molar-refractivity contribution < 1.29 is 42.6 Å². The molecule has 0 saturated carbocycles. The average molecular weight is 807 g/mol. The molecule has 0 N–H and O–H groups in total. The van der Waals surface area contributed by atoms with E-state index >= 15 is 0 Å². The minimum absolute atomic E-state index is 0.373. The second-order valence-corrected chi connectivity index (χ2v) is 21.1. The Morgan fingerprint density at radius 3 is 1.13 bits per heavy atom. The van der Waals surface area contributed by atoms with Gasteiger partial charge in [0, 0.05) is 68.5 Å². The third kappa shape index (κ3) is 30.2. The molecule has 0 bridgehead atoms. The molecule has 0 spiro atoms. The van der Waals surface area contributed by atoms with Crippen LogP contribution in [0.25, 0.3) is 0 Å². The largest absolute Gasteiger partial charge is 0.372 e. The molecule has 0 aromatic carbocycles. The molecular weight excluding hydrogens is 757 g/mol. The third-order valence-corrected chi connectivity index (χ3v) is 16.8. The summed E-state index contributed by atoms with van der Waals surface area (Å²) in [5.74, 6) is 11.3. The molecule has 0 aromatic heterocycles. The Kier molecular flexibility index (Phi) is 29.6. The van der Waals surface area contributed by atoms with Gasteiger partial charge in [0.05, 0.1) is 77.8 Å². The van der Waals surface area contributed by atoms with Crippen LogP contribution in [0.3, 0.4) is 0 Å². The molecule has 3 aliphatic heterocycles. The minimum Gasteiger partial charge on any atom is -0.372 e. The summed E-state index contributed by atoms with van der Waals surface area (Å²) in [7, 11) is 11.5. The summed E-state index contributed by atoms with van der Waals surface area (Å²) >= 11 is 5.64. The van der Waals surface area contributed by atoms with Gasteiger partial charge in [-0.3, -0.25) is 0 Å². The second kappa shape index (κ2) is 31.5. The first kappa shape index (κ1) is 42.2. The van der Waals surface area contributed by atoms with Crippen LogP contribution in [0.4, 0.5) is 0 Å². The summed E-state index contributed by atoms with van der Waals surface area (Å²) in [6.07, 6.45) is 1.45. The molecule has 0 radical (unpaired) electrons. The van der Waals surface area contributed by atoms with Gasteiger partial charge in [-0.1, -0.05) is 64.8 Å². The molecule has 3 rings (SSSR count). The summed E-state index contributed by atoms with van der Waals surface area (Å²) in [5, 5.41) is 0.555. The average Bonchev–Trinajstić information content (AvgIpc) is 3.89. The van der Waals surface area contributed by atoms with Crippen LogP contribution in [0, 0.1) is 0 Å². The summed E-state index contributed by atoms with van der Waals surface area (Å²) in [6.45, 7) is 8.22. The van der Waals surface area contributed by atoms with E-state index in [1.165, 1.54) is 0 Å². The number of thioether (sulfide) groups is 3. The zero-order chi connectivity index (χ0) is 31.3. The predicted molar refractivity (Wildman–Crippen MR) is 205 cm³/mol. The molecule has 3 aliphatic rings. The zero-order valence-electron chi connectivity index (χ0n) is 25.9. The van der Waals surface area contributed by atoms with Crippen molar-refractivity contribution in [1.82, 2.24) is 0 Å². The molecule has 45 heavy (non-hydrogen) atoms. The van der Waals surface area contributed by atoms with E-state index in [4.69, 9.17) is 42.6 Å². The van der Waals surface area contributed by atoms with E-state index in [1.807, 2.05) is 100 Å². The molecule has 3 fully saturated rings. The number of hydrogen-bond donors (Lipinski definition) is 0. The van der Waals surface area contributed by atoms with Crippen molar-refractivity contribution in [3.63, 3.8) is 0 Å². The van der Waals surface area contributed by atoms with Gasteiger partial charge in [0.1, 0.15) is 20.4 Å².